The van der Waals surface area contributed by atoms with E-state index >= 15 is 0 Å². The van der Waals surface area contributed by atoms with Crippen LogP contribution in [-0.2, 0) is 9.53 Å². The minimum absolute atomic E-state index is 0.200. The van der Waals surface area contributed by atoms with E-state index in [1.807, 2.05) is 36.4 Å². The van der Waals surface area contributed by atoms with Gasteiger partial charge in [-0.05, 0) is 32.7 Å². The molecule has 0 saturated carbocycles. The lowest BCUT2D eigenvalue weighted by molar-refractivity contribution is -0.145. The van der Waals surface area contributed by atoms with Gasteiger partial charge in [0.15, 0.2) is 0 Å². The first kappa shape index (κ1) is 16.3. The number of ether oxygens (including phenoxy) is 1. The summed E-state index contributed by atoms with van der Waals surface area (Å²) in [5.41, 5.74) is 0. The fourth-order valence-electron chi connectivity index (χ4n) is 0.764. The summed E-state index contributed by atoms with van der Waals surface area (Å²) in [6, 6.07) is -1.88. The summed E-state index contributed by atoms with van der Waals surface area (Å²) in [6.45, 7) is 4.02. The monoisotopic (exact) mass is 402 g/mol. The smallest absolute Gasteiger partial charge is 0.341 e. The van der Waals surface area contributed by atoms with E-state index in [0.717, 1.165) is 12.8 Å². The van der Waals surface area contributed by atoms with Crippen LogP contribution in [0.3, 0.4) is 0 Å². The van der Waals surface area contributed by atoms with Crippen molar-refractivity contribution in [3.05, 3.63) is 0 Å². The number of carbonyl (C=O) groups is 1. The quantitative estimate of drug-likeness (QED) is 0.166. The van der Waals surface area contributed by atoms with E-state index in [0.29, 0.717) is 12.7 Å². The van der Waals surface area contributed by atoms with Gasteiger partial charge in [-0.15, -0.1) is 33.2 Å². The highest BCUT2D eigenvalue weighted by Gasteiger charge is 2.26. The Morgan fingerprint density at radius 1 is 1.33 bits per heavy atom. The van der Waals surface area contributed by atoms with E-state index in [1.165, 1.54) is 0 Å². The van der Waals surface area contributed by atoms with Crippen LogP contribution in [0, 0.1) is 0 Å². The Bertz CT molecular complexity index is 213. The molecule has 0 N–H and O–H groups in total. The third-order valence-electron chi connectivity index (χ3n) is 1.57. The van der Waals surface area contributed by atoms with E-state index < -0.39 is 9.42 Å². The van der Waals surface area contributed by atoms with Crippen LogP contribution in [0.1, 0.15) is 26.7 Å². The average Bonchev–Trinajstić information content (AvgIpc) is 1.99. The molecule has 0 aromatic carbocycles. The molecule has 0 aliphatic heterocycles. The zero-order valence-corrected chi connectivity index (χ0v) is 14.1. The number of hydrogen-bond acceptors (Lipinski definition) is 2. The van der Waals surface area contributed by atoms with Gasteiger partial charge in [0.1, 0.15) is 3.42 Å². The highest BCUT2D eigenvalue weighted by Crippen LogP contribution is 2.27. The van der Waals surface area contributed by atoms with Crippen LogP contribution in [-0.4, -0.2) is 22.0 Å². The summed E-state index contributed by atoms with van der Waals surface area (Å²) >= 11 is 19.2. The first-order valence-electron chi connectivity index (χ1n) is 4.56. The Hall–Kier alpha value is 1.29. The second-order valence-corrected chi connectivity index (χ2v) is 15.7. The minimum atomic E-state index is -2.50. The topological polar surface area (TPSA) is 26.3 Å². The van der Waals surface area contributed by atoms with Crippen LogP contribution in [0.5, 0.6) is 0 Å². The minimum Gasteiger partial charge on any atom is -0.465 e. The van der Waals surface area contributed by atoms with E-state index in [1.54, 1.807) is 0 Å². The van der Waals surface area contributed by atoms with Crippen LogP contribution in [0.4, 0.5) is 0 Å². The molecule has 0 bridgehead atoms. The first-order chi connectivity index (χ1) is 6.63. The fraction of sp³-hybridized carbons (Fsp3) is 0.875. The van der Waals surface area contributed by atoms with Crippen molar-refractivity contribution in [2.24, 2.45) is 0 Å². The summed E-state index contributed by atoms with van der Waals surface area (Å²) in [4.78, 5) is 11.3. The zero-order chi connectivity index (χ0) is 12.1. The van der Waals surface area contributed by atoms with Gasteiger partial charge >= 0.3 is 12.0 Å². The number of unbranched alkanes of at least 4 members (excludes halogenated alkanes) is 1. The molecule has 0 fully saturated rings. The molecule has 0 saturated heterocycles. The molecule has 7 heteroatoms. The molecular formula is C8H14Cl3IO2Si. The Balaban J connectivity index is 3.53. The molecule has 0 atom stereocenters. The number of alkyl halides is 1. The predicted octanol–water partition coefficient (Wildman–Crippen LogP) is 4.18. The molecule has 0 spiro atoms. The van der Waals surface area contributed by atoms with Gasteiger partial charge in [0.05, 0.1) is 6.61 Å². The van der Waals surface area contributed by atoms with Crippen molar-refractivity contribution in [3.8, 4) is 0 Å². The molecule has 0 unspecified atom stereocenters. The number of esters is 1. The van der Waals surface area contributed by atoms with E-state index in [2.05, 4.69) is 0 Å². The van der Waals surface area contributed by atoms with Crippen LogP contribution in [0.2, 0.25) is 6.04 Å². The number of rotatable bonds is 6. The molecule has 15 heavy (non-hydrogen) atoms. The molecule has 0 amide bonds. The highest BCUT2D eigenvalue weighted by molar-refractivity contribution is 14.1. The highest BCUT2D eigenvalue weighted by atomic mass is 127. The molecule has 90 valence electrons. The van der Waals surface area contributed by atoms with Crippen molar-refractivity contribution in [2.75, 3.05) is 6.61 Å². The van der Waals surface area contributed by atoms with Crippen molar-refractivity contribution in [1.29, 1.82) is 0 Å². The maximum atomic E-state index is 11.3. The summed E-state index contributed by atoms with van der Waals surface area (Å²) in [5, 5.41) is 0. The van der Waals surface area contributed by atoms with Gasteiger partial charge in [0.2, 0.25) is 0 Å². The lowest BCUT2D eigenvalue weighted by atomic mass is 10.2. The molecular weight excluding hydrogens is 389 g/mol. The van der Waals surface area contributed by atoms with Crippen LogP contribution in [0.25, 0.3) is 0 Å². The molecule has 0 aliphatic carbocycles. The van der Waals surface area contributed by atoms with Crippen molar-refractivity contribution in [2.45, 2.75) is 36.2 Å². The van der Waals surface area contributed by atoms with Crippen molar-refractivity contribution in [1.82, 2.24) is 0 Å². The lowest BCUT2D eigenvalue weighted by Gasteiger charge is -2.15. The van der Waals surface area contributed by atoms with E-state index in [9.17, 15) is 4.79 Å². The summed E-state index contributed by atoms with van der Waals surface area (Å²) in [5.74, 6) is -0.200. The molecule has 0 radical (unpaired) electrons. The van der Waals surface area contributed by atoms with E-state index in [-0.39, 0.29) is 5.97 Å². The van der Waals surface area contributed by atoms with Gasteiger partial charge < -0.3 is 4.74 Å². The van der Waals surface area contributed by atoms with Gasteiger partial charge in [-0.25, -0.2) is 0 Å². The van der Waals surface area contributed by atoms with Gasteiger partial charge in [0.25, 0.3) is 0 Å². The number of carbonyl (C=O) groups excluding carboxylic acids is 1. The number of hydrogen-bond donors (Lipinski definition) is 0. The lowest BCUT2D eigenvalue weighted by Crippen LogP contribution is -2.26. The van der Waals surface area contributed by atoms with Crippen LogP contribution < -0.4 is 0 Å². The molecule has 0 rings (SSSR count). The Kier molecular flexibility index (Phi) is 7.48. The fourth-order valence-corrected chi connectivity index (χ4v) is 2.77. The van der Waals surface area contributed by atoms with Gasteiger partial charge in [-0.2, -0.15) is 0 Å². The maximum absolute atomic E-state index is 11.3. The molecule has 0 heterocycles. The summed E-state index contributed by atoms with van der Waals surface area (Å²) < 4.78 is 4.59. The maximum Gasteiger partial charge on any atom is 0.341 e. The zero-order valence-electron chi connectivity index (χ0n) is 8.66. The van der Waals surface area contributed by atoms with Gasteiger partial charge in [-0.1, -0.05) is 22.6 Å². The molecule has 0 aromatic heterocycles. The third-order valence-corrected chi connectivity index (χ3v) is 4.63. The average molecular weight is 404 g/mol. The number of halogens is 4. The largest absolute Gasteiger partial charge is 0.465 e. The first-order valence-corrected chi connectivity index (χ1v) is 10.9. The van der Waals surface area contributed by atoms with Gasteiger partial charge in [0, 0.05) is 0 Å². The Morgan fingerprint density at radius 3 is 2.27 bits per heavy atom. The predicted molar refractivity (Wildman–Crippen MR) is 76.4 cm³/mol. The standard InChI is InChI=1S/C8H14Cl3IO2Si/c1-8(2,12)7(13)14-5-3-4-6-15(9,10)11/h3-6H2,1-2H3. The Labute approximate surface area is 119 Å². The molecule has 0 aliphatic rings. The normalized spacial score (nSPS) is 12.7. The van der Waals surface area contributed by atoms with Crippen LogP contribution >= 0.6 is 55.8 Å². The second-order valence-electron chi connectivity index (χ2n) is 3.68. The third kappa shape index (κ3) is 10.2. The second kappa shape index (κ2) is 6.89. The summed E-state index contributed by atoms with van der Waals surface area (Å²) in [7, 11) is 0. The molecule has 0 aromatic rings. The van der Waals surface area contributed by atoms with Crippen molar-refractivity contribution >= 4 is 67.8 Å². The summed E-state index contributed by atoms with van der Waals surface area (Å²) in [6.07, 6.45) is 1.54. The van der Waals surface area contributed by atoms with E-state index in [4.69, 9.17) is 38.0 Å². The SMILES string of the molecule is CC(C)(I)C(=O)OCCCC[Si](Cl)(Cl)Cl. The molecule has 2 nitrogen and oxygen atoms in total. The Morgan fingerprint density at radius 2 is 1.87 bits per heavy atom. The van der Waals surface area contributed by atoms with Crippen molar-refractivity contribution in [3.63, 3.8) is 0 Å². The van der Waals surface area contributed by atoms with Crippen LogP contribution in [0.15, 0.2) is 0 Å². The van der Waals surface area contributed by atoms with Gasteiger partial charge in [-0.3, -0.25) is 4.79 Å². The van der Waals surface area contributed by atoms with Crippen molar-refractivity contribution < 1.29 is 9.53 Å².